The highest BCUT2D eigenvalue weighted by Gasteiger charge is 2.41. The van der Waals surface area contributed by atoms with Gasteiger partial charge < -0.3 is 5.32 Å². The fraction of sp³-hybridized carbons (Fsp3) is 0.300. The molecule has 0 fully saturated rings. The van der Waals surface area contributed by atoms with Crippen molar-refractivity contribution in [3.8, 4) is 0 Å². The summed E-state index contributed by atoms with van der Waals surface area (Å²) in [7, 11) is 0. The summed E-state index contributed by atoms with van der Waals surface area (Å²) in [6, 6.07) is 2.72. The molecule has 14 heavy (non-hydrogen) atoms. The van der Waals surface area contributed by atoms with Crippen molar-refractivity contribution in [2.45, 2.75) is 19.3 Å². The maximum Gasteiger partial charge on any atom is 0.234 e. The van der Waals surface area contributed by atoms with E-state index < -0.39 is 11.2 Å². The average molecular weight is 214 g/mol. The van der Waals surface area contributed by atoms with Crippen LogP contribution in [0.2, 0.25) is 5.02 Å². The van der Waals surface area contributed by atoms with Crippen molar-refractivity contribution in [3.63, 3.8) is 0 Å². The lowest BCUT2D eigenvalue weighted by atomic mass is 9.86. The third-order valence-corrected chi connectivity index (χ3v) is 2.85. The number of carbonyl (C=O) groups excluding carboxylic acids is 1. The zero-order valence-electron chi connectivity index (χ0n) is 7.82. The average Bonchev–Trinajstić information content (AvgIpc) is 2.33. The monoisotopic (exact) mass is 213 g/mol. The summed E-state index contributed by atoms with van der Waals surface area (Å²) < 4.78 is 13.5. The van der Waals surface area contributed by atoms with Gasteiger partial charge in [-0.25, -0.2) is 4.39 Å². The van der Waals surface area contributed by atoms with Gasteiger partial charge in [-0.2, -0.15) is 0 Å². The molecule has 0 radical (unpaired) electrons. The Morgan fingerprint density at radius 1 is 1.43 bits per heavy atom. The van der Waals surface area contributed by atoms with Crippen molar-refractivity contribution in [1.82, 2.24) is 0 Å². The molecule has 1 aromatic carbocycles. The number of anilines is 1. The summed E-state index contributed by atoms with van der Waals surface area (Å²) in [5.74, 6) is -0.618. The lowest BCUT2D eigenvalue weighted by Gasteiger charge is -2.15. The van der Waals surface area contributed by atoms with E-state index in [0.717, 1.165) is 0 Å². The Bertz CT molecular complexity index is 428. The van der Waals surface area contributed by atoms with E-state index in [1.54, 1.807) is 13.8 Å². The number of amides is 1. The summed E-state index contributed by atoms with van der Waals surface area (Å²) in [6.45, 7) is 3.35. The van der Waals surface area contributed by atoms with Crippen molar-refractivity contribution >= 4 is 23.2 Å². The Morgan fingerprint density at radius 3 is 2.64 bits per heavy atom. The number of halogens is 2. The largest absolute Gasteiger partial charge is 0.324 e. The highest BCUT2D eigenvalue weighted by molar-refractivity contribution is 6.34. The minimum absolute atomic E-state index is 0.223. The molecule has 1 heterocycles. The fourth-order valence-electron chi connectivity index (χ4n) is 1.67. The molecule has 1 aromatic rings. The predicted octanol–water partition coefficient (Wildman–Crippen LogP) is 2.71. The van der Waals surface area contributed by atoms with E-state index in [1.807, 2.05) is 0 Å². The molecule has 0 bridgehead atoms. The molecule has 2 nitrogen and oxygen atoms in total. The molecule has 0 saturated heterocycles. The van der Waals surface area contributed by atoms with Gasteiger partial charge in [-0.05, 0) is 26.0 Å². The van der Waals surface area contributed by atoms with Gasteiger partial charge in [0.25, 0.3) is 0 Å². The van der Waals surface area contributed by atoms with E-state index in [0.29, 0.717) is 16.3 Å². The van der Waals surface area contributed by atoms with Crippen LogP contribution in [0.1, 0.15) is 19.4 Å². The quantitative estimate of drug-likeness (QED) is 0.706. The van der Waals surface area contributed by atoms with E-state index >= 15 is 0 Å². The van der Waals surface area contributed by atoms with Crippen molar-refractivity contribution in [2.75, 3.05) is 5.32 Å². The number of hydrogen-bond donors (Lipinski definition) is 1. The van der Waals surface area contributed by atoms with Crippen molar-refractivity contribution < 1.29 is 9.18 Å². The number of benzene rings is 1. The van der Waals surface area contributed by atoms with Crippen LogP contribution in [0.5, 0.6) is 0 Å². The number of nitrogens with one attached hydrogen (secondary N) is 1. The van der Waals surface area contributed by atoms with E-state index in [1.165, 1.54) is 12.1 Å². The molecule has 0 atom stereocenters. The minimum atomic E-state index is -0.843. The van der Waals surface area contributed by atoms with E-state index in [-0.39, 0.29) is 5.91 Å². The SMILES string of the molecule is CC1(C)C(=O)Nc2c(Cl)ccc(F)c21. The van der Waals surface area contributed by atoms with Crippen LogP contribution in [0.3, 0.4) is 0 Å². The lowest BCUT2D eigenvalue weighted by molar-refractivity contribution is -0.119. The second-order valence-corrected chi connectivity index (χ2v) is 4.27. The smallest absolute Gasteiger partial charge is 0.234 e. The summed E-state index contributed by atoms with van der Waals surface area (Å²) >= 11 is 5.85. The second kappa shape index (κ2) is 2.70. The molecule has 1 aliphatic rings. The van der Waals surface area contributed by atoms with Crippen LogP contribution in [-0.2, 0) is 10.2 Å². The van der Waals surface area contributed by atoms with Gasteiger partial charge in [0.15, 0.2) is 0 Å². The van der Waals surface area contributed by atoms with E-state index in [2.05, 4.69) is 5.32 Å². The van der Waals surface area contributed by atoms with Gasteiger partial charge in [-0.1, -0.05) is 11.6 Å². The summed E-state index contributed by atoms with van der Waals surface area (Å²) in [4.78, 5) is 11.5. The highest BCUT2D eigenvalue weighted by Crippen LogP contribution is 2.42. The fourth-order valence-corrected chi connectivity index (χ4v) is 1.87. The van der Waals surface area contributed by atoms with Gasteiger partial charge in [0.2, 0.25) is 5.91 Å². The second-order valence-electron chi connectivity index (χ2n) is 3.86. The molecule has 0 unspecified atom stereocenters. The van der Waals surface area contributed by atoms with Gasteiger partial charge in [-0.15, -0.1) is 0 Å². The van der Waals surface area contributed by atoms with Crippen LogP contribution < -0.4 is 5.32 Å². The van der Waals surface area contributed by atoms with Crippen LogP contribution in [-0.4, -0.2) is 5.91 Å². The van der Waals surface area contributed by atoms with Gasteiger partial charge in [0.1, 0.15) is 5.82 Å². The maximum atomic E-state index is 13.5. The van der Waals surface area contributed by atoms with E-state index in [9.17, 15) is 9.18 Å². The Balaban J connectivity index is 2.76. The topological polar surface area (TPSA) is 29.1 Å². The Labute approximate surface area is 86.1 Å². The lowest BCUT2D eigenvalue weighted by Crippen LogP contribution is -2.27. The molecule has 1 amide bonds. The Morgan fingerprint density at radius 2 is 2.07 bits per heavy atom. The highest BCUT2D eigenvalue weighted by atomic mass is 35.5. The standard InChI is InChI=1S/C10H9ClFNO/c1-10(2)7-6(12)4-3-5(11)8(7)13-9(10)14/h3-4H,1-2H3,(H,13,14). The molecule has 0 aromatic heterocycles. The van der Waals surface area contributed by atoms with Gasteiger partial charge in [0.05, 0.1) is 16.1 Å². The Kier molecular flexibility index (Phi) is 1.83. The van der Waals surface area contributed by atoms with E-state index in [4.69, 9.17) is 11.6 Å². The molecule has 1 N–H and O–H groups in total. The molecule has 1 aliphatic heterocycles. The molecule has 2 rings (SSSR count). The van der Waals surface area contributed by atoms with Crippen molar-refractivity contribution in [2.24, 2.45) is 0 Å². The van der Waals surface area contributed by atoms with Crippen LogP contribution in [0.15, 0.2) is 12.1 Å². The normalized spacial score (nSPS) is 17.9. The summed E-state index contributed by atoms with van der Waals surface area (Å²) in [5.41, 5.74) is -0.0821. The molecular formula is C10H9ClFNO. The number of rotatable bonds is 0. The van der Waals surface area contributed by atoms with Crippen molar-refractivity contribution in [3.05, 3.63) is 28.5 Å². The molecular weight excluding hydrogens is 205 g/mol. The van der Waals surface area contributed by atoms with Gasteiger partial charge >= 0.3 is 0 Å². The zero-order valence-corrected chi connectivity index (χ0v) is 8.57. The molecule has 0 saturated carbocycles. The molecule has 0 spiro atoms. The maximum absolute atomic E-state index is 13.5. The van der Waals surface area contributed by atoms with Crippen LogP contribution in [0.4, 0.5) is 10.1 Å². The number of hydrogen-bond acceptors (Lipinski definition) is 1. The third kappa shape index (κ3) is 1.05. The first-order valence-corrected chi connectivity index (χ1v) is 4.62. The van der Waals surface area contributed by atoms with Crippen LogP contribution >= 0.6 is 11.6 Å². The summed E-state index contributed by atoms with van der Waals surface area (Å²) in [5, 5.41) is 2.96. The first kappa shape index (κ1) is 9.46. The third-order valence-electron chi connectivity index (χ3n) is 2.53. The number of fused-ring (bicyclic) bond motifs is 1. The molecule has 0 aliphatic carbocycles. The van der Waals surface area contributed by atoms with Crippen molar-refractivity contribution in [1.29, 1.82) is 0 Å². The zero-order chi connectivity index (χ0) is 10.5. The van der Waals surface area contributed by atoms with Crippen LogP contribution in [0, 0.1) is 5.82 Å². The molecule has 74 valence electrons. The summed E-state index contributed by atoms with van der Waals surface area (Å²) in [6.07, 6.45) is 0. The minimum Gasteiger partial charge on any atom is -0.324 e. The first-order chi connectivity index (χ1) is 6.44. The van der Waals surface area contributed by atoms with Crippen LogP contribution in [0.25, 0.3) is 0 Å². The van der Waals surface area contributed by atoms with Gasteiger partial charge in [-0.3, -0.25) is 4.79 Å². The molecule has 4 heteroatoms. The predicted molar refractivity (Wildman–Crippen MR) is 53.1 cm³/mol. The van der Waals surface area contributed by atoms with Gasteiger partial charge in [0, 0.05) is 5.56 Å². The first-order valence-electron chi connectivity index (χ1n) is 4.24. The number of carbonyl (C=O) groups is 1. The Hall–Kier alpha value is -1.09.